The van der Waals surface area contributed by atoms with Gasteiger partial charge in [-0.2, -0.15) is 0 Å². The van der Waals surface area contributed by atoms with Gasteiger partial charge >= 0.3 is 0 Å². The van der Waals surface area contributed by atoms with Gasteiger partial charge in [0.05, 0.1) is 0 Å². The molecule has 1 fully saturated rings. The van der Waals surface area contributed by atoms with Crippen LogP contribution in [0.3, 0.4) is 0 Å². The number of amides is 1. The Hall–Kier alpha value is -4.11. The summed E-state index contributed by atoms with van der Waals surface area (Å²) in [6, 6.07) is 19.2. The minimum absolute atomic E-state index is 0.0214. The standard InChI is InChI=1S/C26H22N6O2S/c1-17-4-2-5-20(16-17)23-30-29-22(34-23)18-7-9-19(10-8-18)25(33)31-12-14-32(15-13-31)26-28-21-6-3-11-27-24(21)35-26/h2-11,16H,12-15H2,1H3. The topological polar surface area (TPSA) is 88.3 Å². The quantitative estimate of drug-likeness (QED) is 0.367. The van der Waals surface area contributed by atoms with Crippen molar-refractivity contribution in [3.8, 4) is 22.9 Å². The van der Waals surface area contributed by atoms with Gasteiger partial charge in [0.25, 0.3) is 5.91 Å². The van der Waals surface area contributed by atoms with Crippen molar-refractivity contribution in [3.63, 3.8) is 0 Å². The van der Waals surface area contributed by atoms with Gasteiger partial charge in [0.1, 0.15) is 10.3 Å². The molecule has 0 bridgehead atoms. The molecule has 5 aromatic rings. The Bertz CT molecular complexity index is 1470. The Kier molecular flexibility index (Phi) is 5.46. The lowest BCUT2D eigenvalue weighted by Gasteiger charge is -2.34. The average Bonchev–Trinajstić information content (AvgIpc) is 3.56. The Morgan fingerprint density at radius 2 is 1.69 bits per heavy atom. The third-order valence-corrected chi connectivity index (χ3v) is 7.10. The molecule has 0 radical (unpaired) electrons. The summed E-state index contributed by atoms with van der Waals surface area (Å²) >= 11 is 1.59. The number of pyridine rings is 1. The van der Waals surface area contributed by atoms with Crippen LogP contribution in [0.5, 0.6) is 0 Å². The first-order chi connectivity index (χ1) is 17.1. The van der Waals surface area contributed by atoms with Crippen molar-refractivity contribution in [1.82, 2.24) is 25.1 Å². The number of nitrogens with zero attached hydrogens (tertiary/aromatic N) is 6. The van der Waals surface area contributed by atoms with Crippen LogP contribution in [0.1, 0.15) is 15.9 Å². The summed E-state index contributed by atoms with van der Waals surface area (Å²) < 4.78 is 5.87. The van der Waals surface area contributed by atoms with Crippen LogP contribution in [0, 0.1) is 6.92 Å². The summed E-state index contributed by atoms with van der Waals surface area (Å²) in [5, 5.41) is 9.32. The van der Waals surface area contributed by atoms with E-state index in [9.17, 15) is 4.79 Å². The van der Waals surface area contributed by atoms with Crippen LogP contribution in [-0.2, 0) is 0 Å². The highest BCUT2D eigenvalue weighted by molar-refractivity contribution is 7.21. The summed E-state index contributed by atoms with van der Waals surface area (Å²) in [5.74, 6) is 0.929. The molecule has 35 heavy (non-hydrogen) atoms. The molecule has 1 aliphatic heterocycles. The van der Waals surface area contributed by atoms with Gasteiger partial charge < -0.3 is 14.2 Å². The maximum atomic E-state index is 13.1. The van der Waals surface area contributed by atoms with E-state index in [1.807, 2.05) is 72.5 Å². The minimum atomic E-state index is 0.0214. The number of rotatable bonds is 4. The van der Waals surface area contributed by atoms with Gasteiger partial charge in [0.15, 0.2) is 5.13 Å². The van der Waals surface area contributed by atoms with E-state index in [0.29, 0.717) is 30.4 Å². The number of anilines is 1. The van der Waals surface area contributed by atoms with Crippen LogP contribution >= 0.6 is 11.3 Å². The highest BCUT2D eigenvalue weighted by Gasteiger charge is 2.24. The van der Waals surface area contributed by atoms with Gasteiger partial charge in [-0.15, -0.1) is 10.2 Å². The predicted molar refractivity (Wildman–Crippen MR) is 135 cm³/mol. The fourth-order valence-electron chi connectivity index (χ4n) is 4.17. The lowest BCUT2D eigenvalue weighted by Crippen LogP contribution is -2.48. The zero-order chi connectivity index (χ0) is 23.8. The van der Waals surface area contributed by atoms with E-state index in [4.69, 9.17) is 4.42 Å². The van der Waals surface area contributed by atoms with E-state index in [-0.39, 0.29) is 5.91 Å². The molecule has 1 amide bonds. The molecule has 1 saturated heterocycles. The number of aryl methyl sites for hydroxylation is 1. The van der Waals surface area contributed by atoms with Crippen molar-refractivity contribution in [3.05, 3.63) is 78.0 Å². The first-order valence-corrected chi connectivity index (χ1v) is 12.2. The summed E-state index contributed by atoms with van der Waals surface area (Å²) in [7, 11) is 0. The van der Waals surface area contributed by atoms with E-state index in [2.05, 4.69) is 25.1 Å². The molecule has 0 unspecified atom stereocenters. The third-order valence-electron chi connectivity index (χ3n) is 6.06. The fourth-order valence-corrected chi connectivity index (χ4v) is 5.13. The molecule has 9 heteroatoms. The average molecular weight is 483 g/mol. The van der Waals surface area contributed by atoms with Gasteiger partial charge in [-0.05, 0) is 55.5 Å². The molecule has 0 atom stereocenters. The normalized spacial score (nSPS) is 14.0. The number of benzene rings is 2. The smallest absolute Gasteiger partial charge is 0.253 e. The maximum absolute atomic E-state index is 13.1. The van der Waals surface area contributed by atoms with Crippen molar-refractivity contribution >= 4 is 32.7 Å². The van der Waals surface area contributed by atoms with Crippen LogP contribution in [-0.4, -0.2) is 57.2 Å². The zero-order valence-electron chi connectivity index (χ0n) is 19.1. The molecule has 1 aliphatic rings. The molecule has 4 heterocycles. The Labute approximate surface area is 205 Å². The molecule has 6 rings (SSSR count). The number of aromatic nitrogens is 4. The summed E-state index contributed by atoms with van der Waals surface area (Å²) in [6.07, 6.45) is 1.79. The SMILES string of the molecule is Cc1cccc(-c2nnc(-c3ccc(C(=O)N4CCN(c5nc6cccnc6s5)CC4)cc3)o2)c1. The van der Waals surface area contributed by atoms with Crippen LogP contribution in [0.4, 0.5) is 5.13 Å². The second-order valence-corrected chi connectivity index (χ2v) is 9.42. The molecular formula is C26H22N6O2S. The highest BCUT2D eigenvalue weighted by atomic mass is 32.1. The molecule has 2 aromatic carbocycles. The second-order valence-electron chi connectivity index (χ2n) is 8.46. The molecule has 0 N–H and O–H groups in total. The largest absolute Gasteiger partial charge is 0.416 e. The zero-order valence-corrected chi connectivity index (χ0v) is 19.9. The predicted octanol–water partition coefficient (Wildman–Crippen LogP) is 4.68. The third kappa shape index (κ3) is 4.26. The first-order valence-electron chi connectivity index (χ1n) is 11.4. The monoisotopic (exact) mass is 482 g/mol. The number of piperazine rings is 1. The molecular weight excluding hydrogens is 460 g/mol. The van der Waals surface area contributed by atoms with Gasteiger partial charge in [-0.1, -0.05) is 29.0 Å². The molecule has 174 valence electrons. The van der Waals surface area contributed by atoms with E-state index in [1.165, 1.54) is 0 Å². The number of fused-ring (bicyclic) bond motifs is 1. The van der Waals surface area contributed by atoms with Crippen molar-refractivity contribution in [2.24, 2.45) is 0 Å². The van der Waals surface area contributed by atoms with Gasteiger partial charge in [-0.25, -0.2) is 9.97 Å². The van der Waals surface area contributed by atoms with Gasteiger partial charge in [-0.3, -0.25) is 4.79 Å². The van der Waals surface area contributed by atoms with Gasteiger partial charge in [0.2, 0.25) is 11.8 Å². The molecule has 0 spiro atoms. The second kappa shape index (κ2) is 8.92. The van der Waals surface area contributed by atoms with Crippen molar-refractivity contribution in [1.29, 1.82) is 0 Å². The number of thiazole rings is 1. The van der Waals surface area contributed by atoms with Crippen LogP contribution < -0.4 is 4.90 Å². The maximum Gasteiger partial charge on any atom is 0.253 e. The Balaban J connectivity index is 1.11. The number of carbonyl (C=O) groups is 1. The lowest BCUT2D eigenvalue weighted by molar-refractivity contribution is 0.0747. The summed E-state index contributed by atoms with van der Waals surface area (Å²) in [5.41, 5.74) is 4.35. The van der Waals surface area contributed by atoms with Crippen LogP contribution in [0.25, 0.3) is 33.3 Å². The van der Waals surface area contributed by atoms with Crippen molar-refractivity contribution < 1.29 is 9.21 Å². The van der Waals surface area contributed by atoms with E-state index in [0.717, 1.165) is 45.3 Å². The molecule has 8 nitrogen and oxygen atoms in total. The van der Waals surface area contributed by atoms with Crippen LogP contribution in [0.2, 0.25) is 0 Å². The number of hydrogen-bond acceptors (Lipinski definition) is 8. The molecule has 0 saturated carbocycles. The summed E-state index contributed by atoms with van der Waals surface area (Å²) in [6.45, 7) is 4.80. The van der Waals surface area contributed by atoms with E-state index >= 15 is 0 Å². The van der Waals surface area contributed by atoms with E-state index in [1.54, 1.807) is 17.5 Å². The lowest BCUT2D eigenvalue weighted by atomic mass is 10.1. The summed E-state index contributed by atoms with van der Waals surface area (Å²) in [4.78, 5) is 27.2. The molecule has 3 aromatic heterocycles. The van der Waals surface area contributed by atoms with Crippen molar-refractivity contribution in [2.45, 2.75) is 6.92 Å². The van der Waals surface area contributed by atoms with Gasteiger partial charge in [0, 0.05) is 49.1 Å². The van der Waals surface area contributed by atoms with E-state index < -0.39 is 0 Å². The Morgan fingerprint density at radius 1 is 0.914 bits per heavy atom. The number of hydrogen-bond donors (Lipinski definition) is 0. The van der Waals surface area contributed by atoms with Crippen molar-refractivity contribution in [2.75, 3.05) is 31.1 Å². The minimum Gasteiger partial charge on any atom is -0.416 e. The first kappa shape index (κ1) is 21.4. The highest BCUT2D eigenvalue weighted by Crippen LogP contribution is 2.28. The Morgan fingerprint density at radius 3 is 2.43 bits per heavy atom. The molecule has 0 aliphatic carbocycles. The number of carbonyl (C=O) groups excluding carboxylic acids is 1. The van der Waals surface area contributed by atoms with Crippen LogP contribution in [0.15, 0.2) is 71.3 Å². The fraction of sp³-hybridized carbons (Fsp3) is 0.192.